The van der Waals surface area contributed by atoms with Crippen LogP contribution in [0, 0.1) is 18.3 Å². The summed E-state index contributed by atoms with van der Waals surface area (Å²) in [5, 5.41) is 10.4. The summed E-state index contributed by atoms with van der Waals surface area (Å²) >= 11 is 0. The fraction of sp³-hybridized carbons (Fsp3) is 0.250. The number of carbonyl (C=O) groups is 1. The highest BCUT2D eigenvalue weighted by Gasteiger charge is 2.37. The Kier molecular flexibility index (Phi) is 4.74. The van der Waals surface area contributed by atoms with Gasteiger partial charge in [0, 0.05) is 11.1 Å². The Hall–Kier alpha value is -3.53. The molecule has 2 aromatic rings. The van der Waals surface area contributed by atoms with E-state index in [1.807, 2.05) is 31.2 Å². The third-order valence-corrected chi connectivity index (χ3v) is 4.44. The SMILES string of the molecule is CCOC(=O)C1=C(C)OC(N)=C(C#N)C1c1cc2cc(C)ccc2[nH]c1=O. The standard InChI is InChI=1S/C20H19N3O4/c1-4-26-20(25)16-11(3)27-18(22)14(9-21)17(16)13-8-12-7-10(2)5-6-15(12)23-19(13)24/h5-8,17H,4,22H2,1-3H3,(H,23,24). The minimum Gasteiger partial charge on any atom is -0.463 e. The zero-order valence-corrected chi connectivity index (χ0v) is 15.3. The molecule has 1 aromatic heterocycles. The Morgan fingerprint density at radius 1 is 1.37 bits per heavy atom. The van der Waals surface area contributed by atoms with E-state index in [0.717, 1.165) is 10.9 Å². The third kappa shape index (κ3) is 3.17. The maximum atomic E-state index is 12.8. The van der Waals surface area contributed by atoms with Crippen molar-refractivity contribution in [3.63, 3.8) is 0 Å². The number of aryl methyl sites for hydroxylation is 1. The van der Waals surface area contributed by atoms with Gasteiger partial charge in [0.05, 0.1) is 18.1 Å². The van der Waals surface area contributed by atoms with Crippen LogP contribution in [0.1, 0.15) is 30.9 Å². The number of allylic oxidation sites excluding steroid dienone is 2. The van der Waals surface area contributed by atoms with Crippen molar-refractivity contribution in [3.05, 3.63) is 68.5 Å². The number of hydrogen-bond donors (Lipinski definition) is 2. The van der Waals surface area contributed by atoms with Crippen molar-refractivity contribution >= 4 is 16.9 Å². The van der Waals surface area contributed by atoms with Gasteiger partial charge in [-0.25, -0.2) is 4.79 Å². The van der Waals surface area contributed by atoms with Crippen LogP contribution in [0.5, 0.6) is 0 Å². The molecular formula is C20H19N3O4. The lowest BCUT2D eigenvalue weighted by Crippen LogP contribution is -2.29. The van der Waals surface area contributed by atoms with Crippen LogP contribution < -0.4 is 11.3 Å². The van der Waals surface area contributed by atoms with E-state index < -0.39 is 17.4 Å². The zero-order chi connectivity index (χ0) is 19.7. The number of benzene rings is 1. The molecule has 7 heteroatoms. The van der Waals surface area contributed by atoms with Gasteiger partial charge in [-0.1, -0.05) is 11.6 Å². The molecule has 1 aliphatic rings. The number of ether oxygens (including phenoxy) is 2. The lowest BCUT2D eigenvalue weighted by atomic mass is 9.83. The van der Waals surface area contributed by atoms with Crippen molar-refractivity contribution < 1.29 is 14.3 Å². The molecule has 3 N–H and O–H groups in total. The van der Waals surface area contributed by atoms with E-state index in [1.165, 1.54) is 0 Å². The van der Waals surface area contributed by atoms with Crippen molar-refractivity contribution in [3.8, 4) is 6.07 Å². The first-order valence-electron chi connectivity index (χ1n) is 8.46. The smallest absolute Gasteiger partial charge is 0.338 e. The van der Waals surface area contributed by atoms with E-state index in [1.54, 1.807) is 19.9 Å². The van der Waals surface area contributed by atoms with Crippen LogP contribution in [-0.4, -0.2) is 17.6 Å². The highest BCUT2D eigenvalue weighted by atomic mass is 16.5. The fourth-order valence-corrected chi connectivity index (χ4v) is 3.22. The number of nitrogens with two attached hydrogens (primary N) is 1. The molecular weight excluding hydrogens is 346 g/mol. The minimum absolute atomic E-state index is 0.00107. The van der Waals surface area contributed by atoms with Crippen LogP contribution in [0.3, 0.4) is 0 Å². The van der Waals surface area contributed by atoms with Gasteiger partial charge in [-0.15, -0.1) is 0 Å². The number of hydrogen-bond acceptors (Lipinski definition) is 6. The van der Waals surface area contributed by atoms with E-state index in [2.05, 4.69) is 4.98 Å². The van der Waals surface area contributed by atoms with Gasteiger partial charge in [0.2, 0.25) is 5.88 Å². The predicted octanol–water partition coefficient (Wildman–Crippen LogP) is 2.48. The van der Waals surface area contributed by atoms with E-state index >= 15 is 0 Å². The molecule has 27 heavy (non-hydrogen) atoms. The molecule has 0 saturated heterocycles. The van der Waals surface area contributed by atoms with Gasteiger partial charge in [0.1, 0.15) is 17.4 Å². The van der Waals surface area contributed by atoms with E-state index in [4.69, 9.17) is 15.2 Å². The Labute approximate surface area is 155 Å². The first-order chi connectivity index (χ1) is 12.9. The summed E-state index contributed by atoms with van der Waals surface area (Å²) in [6, 6.07) is 9.25. The quantitative estimate of drug-likeness (QED) is 0.807. The summed E-state index contributed by atoms with van der Waals surface area (Å²) in [7, 11) is 0. The van der Waals surface area contributed by atoms with Gasteiger partial charge in [0.25, 0.3) is 5.56 Å². The number of H-pyrrole nitrogens is 1. The number of aromatic nitrogens is 1. The van der Waals surface area contributed by atoms with Crippen molar-refractivity contribution in [2.45, 2.75) is 26.7 Å². The highest BCUT2D eigenvalue weighted by molar-refractivity contribution is 5.93. The molecule has 1 aromatic carbocycles. The Bertz CT molecular complexity index is 1100. The van der Waals surface area contributed by atoms with Gasteiger partial charge in [0.15, 0.2) is 0 Å². The number of rotatable bonds is 3. The molecule has 0 bridgehead atoms. The van der Waals surface area contributed by atoms with Crippen LogP contribution in [0.2, 0.25) is 0 Å². The molecule has 138 valence electrons. The molecule has 7 nitrogen and oxygen atoms in total. The van der Waals surface area contributed by atoms with E-state index in [-0.39, 0.29) is 35.0 Å². The molecule has 0 radical (unpaired) electrons. The fourth-order valence-electron chi connectivity index (χ4n) is 3.22. The molecule has 1 aliphatic heterocycles. The van der Waals surface area contributed by atoms with E-state index in [0.29, 0.717) is 5.52 Å². The van der Waals surface area contributed by atoms with Crippen molar-refractivity contribution in [2.75, 3.05) is 6.61 Å². The first kappa shape index (κ1) is 18.3. The van der Waals surface area contributed by atoms with Crippen LogP contribution in [0.4, 0.5) is 0 Å². The van der Waals surface area contributed by atoms with Crippen molar-refractivity contribution in [1.29, 1.82) is 5.26 Å². The average Bonchev–Trinajstić information content (AvgIpc) is 2.61. The average molecular weight is 365 g/mol. The minimum atomic E-state index is -0.962. The second-order valence-corrected chi connectivity index (χ2v) is 6.26. The maximum Gasteiger partial charge on any atom is 0.338 e. The Balaban J connectivity index is 2.29. The maximum absolute atomic E-state index is 12.8. The Morgan fingerprint density at radius 3 is 2.78 bits per heavy atom. The lowest BCUT2D eigenvalue weighted by molar-refractivity contribution is -0.139. The zero-order valence-electron chi connectivity index (χ0n) is 15.3. The molecule has 0 saturated carbocycles. The molecule has 2 heterocycles. The van der Waals surface area contributed by atoms with Crippen LogP contribution in [-0.2, 0) is 14.3 Å². The van der Waals surface area contributed by atoms with Gasteiger partial charge >= 0.3 is 5.97 Å². The summed E-state index contributed by atoms with van der Waals surface area (Å²) in [6.45, 7) is 5.31. The second-order valence-electron chi connectivity index (χ2n) is 6.26. The number of nitrogens with one attached hydrogen (secondary N) is 1. The summed E-state index contributed by atoms with van der Waals surface area (Å²) in [6.07, 6.45) is 0. The summed E-state index contributed by atoms with van der Waals surface area (Å²) < 4.78 is 10.5. The van der Waals surface area contributed by atoms with Crippen LogP contribution in [0.25, 0.3) is 10.9 Å². The number of nitrogens with zero attached hydrogens (tertiary/aromatic N) is 1. The molecule has 1 unspecified atom stereocenters. The summed E-state index contributed by atoms with van der Waals surface area (Å²) in [5.41, 5.74) is 7.47. The van der Waals surface area contributed by atoms with Crippen LogP contribution >= 0.6 is 0 Å². The molecule has 0 aliphatic carbocycles. The number of nitriles is 1. The third-order valence-electron chi connectivity index (χ3n) is 4.44. The van der Waals surface area contributed by atoms with Gasteiger partial charge < -0.3 is 20.2 Å². The molecule has 0 amide bonds. The molecule has 3 rings (SSSR count). The molecule has 1 atom stereocenters. The van der Waals surface area contributed by atoms with Crippen LogP contribution in [0.15, 0.2) is 51.8 Å². The second kappa shape index (κ2) is 7.00. The molecule has 0 fully saturated rings. The number of esters is 1. The monoisotopic (exact) mass is 365 g/mol. The van der Waals surface area contributed by atoms with E-state index in [9.17, 15) is 14.9 Å². The topological polar surface area (TPSA) is 118 Å². The van der Waals surface area contributed by atoms with Gasteiger partial charge in [-0.05, 0) is 44.4 Å². The summed E-state index contributed by atoms with van der Waals surface area (Å²) in [4.78, 5) is 28.1. The molecule has 0 spiro atoms. The first-order valence-corrected chi connectivity index (χ1v) is 8.46. The highest BCUT2D eigenvalue weighted by Crippen LogP contribution is 2.38. The Morgan fingerprint density at radius 2 is 2.11 bits per heavy atom. The number of fused-ring (bicyclic) bond motifs is 1. The van der Waals surface area contributed by atoms with Crippen molar-refractivity contribution in [1.82, 2.24) is 4.98 Å². The number of pyridine rings is 1. The largest absolute Gasteiger partial charge is 0.463 e. The summed E-state index contributed by atoms with van der Waals surface area (Å²) in [5.74, 6) is -1.53. The predicted molar refractivity (Wildman–Crippen MR) is 99.3 cm³/mol. The van der Waals surface area contributed by atoms with Gasteiger partial charge in [-0.3, -0.25) is 4.79 Å². The number of aromatic amines is 1. The normalized spacial score (nSPS) is 16.9. The van der Waals surface area contributed by atoms with Crippen molar-refractivity contribution in [2.24, 2.45) is 5.73 Å². The van der Waals surface area contributed by atoms with Gasteiger partial charge in [-0.2, -0.15) is 5.26 Å². The number of carbonyl (C=O) groups excluding carboxylic acids is 1. The lowest BCUT2D eigenvalue weighted by Gasteiger charge is -2.26.